The van der Waals surface area contributed by atoms with Crippen molar-refractivity contribution < 1.29 is 5.11 Å². The number of aliphatic hydroxyl groups is 1. The van der Waals surface area contributed by atoms with Crippen molar-refractivity contribution in [2.75, 3.05) is 32.8 Å². The van der Waals surface area contributed by atoms with Crippen LogP contribution in [0.1, 0.15) is 46.5 Å². The van der Waals surface area contributed by atoms with Crippen LogP contribution in [0.3, 0.4) is 0 Å². The van der Waals surface area contributed by atoms with Gasteiger partial charge in [0.1, 0.15) is 0 Å². The predicted octanol–water partition coefficient (Wildman–Crippen LogP) is 2.42. The normalized spacial score (nSPS) is 12.1. The van der Waals surface area contributed by atoms with Crippen LogP contribution in [0.25, 0.3) is 0 Å². The van der Waals surface area contributed by atoms with E-state index >= 15 is 0 Å². The summed E-state index contributed by atoms with van der Waals surface area (Å²) in [5.74, 6) is 0. The molecule has 0 aromatic rings. The standard InChI is InChI=1S/C15H32N2O/c1-5-11-17(13-14-18)12-9-7-6-8-10-16-15(2,3)4/h5,16,18H,1,6-14H2,2-4H3. The van der Waals surface area contributed by atoms with E-state index in [1.165, 1.54) is 25.7 Å². The molecule has 0 saturated carbocycles. The monoisotopic (exact) mass is 256 g/mol. The highest BCUT2D eigenvalue weighted by Gasteiger charge is 2.07. The first-order valence-electron chi connectivity index (χ1n) is 7.18. The lowest BCUT2D eigenvalue weighted by Gasteiger charge is -2.21. The molecule has 0 unspecified atom stereocenters. The zero-order chi connectivity index (χ0) is 13.9. The molecule has 0 aliphatic carbocycles. The Bertz CT molecular complexity index is 199. The van der Waals surface area contributed by atoms with Crippen LogP contribution in [0.15, 0.2) is 12.7 Å². The van der Waals surface area contributed by atoms with Gasteiger partial charge in [-0.25, -0.2) is 0 Å². The molecule has 0 fully saturated rings. The first-order chi connectivity index (χ1) is 8.49. The average Bonchev–Trinajstić information content (AvgIpc) is 2.26. The number of nitrogens with zero attached hydrogens (tertiary/aromatic N) is 1. The number of aliphatic hydroxyl groups excluding tert-OH is 1. The first-order valence-corrected chi connectivity index (χ1v) is 7.18. The van der Waals surface area contributed by atoms with E-state index in [1.54, 1.807) is 0 Å². The first kappa shape index (κ1) is 17.6. The number of unbranched alkanes of at least 4 members (excludes halogenated alkanes) is 3. The summed E-state index contributed by atoms with van der Waals surface area (Å²) < 4.78 is 0. The highest BCUT2D eigenvalue weighted by Crippen LogP contribution is 2.03. The largest absolute Gasteiger partial charge is 0.395 e. The summed E-state index contributed by atoms with van der Waals surface area (Å²) in [5.41, 5.74) is 0.238. The molecule has 0 aliphatic rings. The van der Waals surface area contributed by atoms with E-state index in [0.29, 0.717) is 0 Å². The molecule has 0 saturated heterocycles. The third kappa shape index (κ3) is 12.1. The van der Waals surface area contributed by atoms with Crippen LogP contribution in [0.5, 0.6) is 0 Å². The van der Waals surface area contributed by atoms with Gasteiger partial charge in [0.2, 0.25) is 0 Å². The molecule has 0 aliphatic heterocycles. The fourth-order valence-electron chi connectivity index (χ4n) is 1.90. The molecule has 108 valence electrons. The fourth-order valence-corrected chi connectivity index (χ4v) is 1.90. The summed E-state index contributed by atoms with van der Waals surface area (Å²) in [7, 11) is 0. The maximum atomic E-state index is 8.93. The van der Waals surface area contributed by atoms with Crippen molar-refractivity contribution in [2.45, 2.75) is 52.0 Å². The Kier molecular flexibility index (Phi) is 10.3. The predicted molar refractivity (Wildman–Crippen MR) is 79.9 cm³/mol. The van der Waals surface area contributed by atoms with Crippen molar-refractivity contribution in [1.29, 1.82) is 0 Å². The minimum absolute atomic E-state index is 0.238. The van der Waals surface area contributed by atoms with E-state index in [4.69, 9.17) is 5.11 Å². The van der Waals surface area contributed by atoms with Crippen molar-refractivity contribution in [3.05, 3.63) is 12.7 Å². The van der Waals surface area contributed by atoms with E-state index in [9.17, 15) is 0 Å². The third-order valence-corrected chi connectivity index (χ3v) is 2.86. The quantitative estimate of drug-likeness (QED) is 0.440. The zero-order valence-electron chi connectivity index (χ0n) is 12.5. The van der Waals surface area contributed by atoms with Gasteiger partial charge in [0.15, 0.2) is 0 Å². The molecule has 2 N–H and O–H groups in total. The van der Waals surface area contributed by atoms with Gasteiger partial charge in [-0.3, -0.25) is 4.90 Å². The molecule has 0 amide bonds. The van der Waals surface area contributed by atoms with Gasteiger partial charge in [0.05, 0.1) is 6.61 Å². The van der Waals surface area contributed by atoms with Crippen LogP contribution in [0.4, 0.5) is 0 Å². The number of rotatable bonds is 11. The van der Waals surface area contributed by atoms with Gasteiger partial charge in [-0.2, -0.15) is 0 Å². The molecule has 0 heterocycles. The molecular weight excluding hydrogens is 224 g/mol. The Morgan fingerprint density at radius 1 is 1.11 bits per heavy atom. The summed E-state index contributed by atoms with van der Waals surface area (Å²) in [6.07, 6.45) is 6.92. The van der Waals surface area contributed by atoms with Crippen molar-refractivity contribution in [3.8, 4) is 0 Å². The lowest BCUT2D eigenvalue weighted by atomic mass is 10.1. The molecule has 0 aromatic carbocycles. The van der Waals surface area contributed by atoms with Crippen LogP contribution in [0, 0.1) is 0 Å². The van der Waals surface area contributed by atoms with Crippen LogP contribution in [-0.4, -0.2) is 48.3 Å². The lowest BCUT2D eigenvalue weighted by Crippen LogP contribution is -2.36. The van der Waals surface area contributed by atoms with Crippen LogP contribution in [-0.2, 0) is 0 Å². The molecule has 0 rings (SSSR count). The molecule has 0 atom stereocenters. The number of nitrogens with one attached hydrogen (secondary N) is 1. The number of hydrogen-bond donors (Lipinski definition) is 2. The second-order valence-corrected chi connectivity index (χ2v) is 5.90. The second-order valence-electron chi connectivity index (χ2n) is 5.90. The Hall–Kier alpha value is -0.380. The van der Waals surface area contributed by atoms with Crippen molar-refractivity contribution in [3.63, 3.8) is 0 Å². The van der Waals surface area contributed by atoms with Gasteiger partial charge in [0.25, 0.3) is 0 Å². The molecule has 3 heteroatoms. The van der Waals surface area contributed by atoms with E-state index in [0.717, 1.165) is 26.2 Å². The van der Waals surface area contributed by atoms with E-state index in [-0.39, 0.29) is 12.1 Å². The Labute approximate surface area is 113 Å². The fraction of sp³-hybridized carbons (Fsp3) is 0.867. The molecule has 18 heavy (non-hydrogen) atoms. The van der Waals surface area contributed by atoms with Gasteiger partial charge < -0.3 is 10.4 Å². The minimum Gasteiger partial charge on any atom is -0.395 e. The van der Waals surface area contributed by atoms with Crippen LogP contribution >= 0.6 is 0 Å². The van der Waals surface area contributed by atoms with Gasteiger partial charge >= 0.3 is 0 Å². The van der Waals surface area contributed by atoms with Crippen molar-refractivity contribution >= 4 is 0 Å². The van der Waals surface area contributed by atoms with E-state index < -0.39 is 0 Å². The van der Waals surface area contributed by atoms with Gasteiger partial charge in [-0.1, -0.05) is 18.9 Å². The highest BCUT2D eigenvalue weighted by atomic mass is 16.3. The maximum absolute atomic E-state index is 8.93. The van der Waals surface area contributed by atoms with Gasteiger partial charge in [-0.15, -0.1) is 6.58 Å². The topological polar surface area (TPSA) is 35.5 Å². The minimum atomic E-state index is 0.238. The molecule has 0 aromatic heterocycles. The van der Waals surface area contributed by atoms with Gasteiger partial charge in [-0.05, 0) is 46.7 Å². The smallest absolute Gasteiger partial charge is 0.0558 e. The Balaban J connectivity index is 3.40. The highest BCUT2D eigenvalue weighted by molar-refractivity contribution is 4.73. The van der Waals surface area contributed by atoms with Crippen LogP contribution in [0.2, 0.25) is 0 Å². The average molecular weight is 256 g/mol. The van der Waals surface area contributed by atoms with E-state index in [1.807, 2.05) is 6.08 Å². The Morgan fingerprint density at radius 3 is 2.33 bits per heavy atom. The molecule has 0 radical (unpaired) electrons. The maximum Gasteiger partial charge on any atom is 0.0558 e. The molecular formula is C15H32N2O. The van der Waals surface area contributed by atoms with Crippen molar-refractivity contribution in [2.24, 2.45) is 0 Å². The summed E-state index contributed by atoms with van der Waals surface area (Å²) in [5, 5.41) is 12.4. The Morgan fingerprint density at radius 2 is 1.78 bits per heavy atom. The van der Waals surface area contributed by atoms with E-state index in [2.05, 4.69) is 37.6 Å². The molecule has 3 nitrogen and oxygen atoms in total. The van der Waals surface area contributed by atoms with Crippen LogP contribution < -0.4 is 5.32 Å². The lowest BCUT2D eigenvalue weighted by molar-refractivity contribution is 0.206. The second kappa shape index (κ2) is 10.5. The summed E-state index contributed by atoms with van der Waals surface area (Å²) >= 11 is 0. The summed E-state index contributed by atoms with van der Waals surface area (Å²) in [4.78, 5) is 2.25. The summed E-state index contributed by atoms with van der Waals surface area (Å²) in [6.45, 7) is 14.4. The molecule has 0 spiro atoms. The number of hydrogen-bond acceptors (Lipinski definition) is 3. The zero-order valence-corrected chi connectivity index (χ0v) is 12.5. The molecule has 0 bridgehead atoms. The SMILES string of the molecule is C=CCN(CCO)CCCCCCNC(C)(C)C. The summed E-state index contributed by atoms with van der Waals surface area (Å²) in [6, 6.07) is 0. The third-order valence-electron chi connectivity index (χ3n) is 2.86. The van der Waals surface area contributed by atoms with Crippen molar-refractivity contribution in [1.82, 2.24) is 10.2 Å². The van der Waals surface area contributed by atoms with Gasteiger partial charge in [0, 0.05) is 18.6 Å².